The zero-order valence-corrected chi connectivity index (χ0v) is 15.3. The molecule has 4 aromatic rings. The number of benzene rings is 2. The molecule has 0 saturated heterocycles. The molecule has 0 amide bonds. The van der Waals surface area contributed by atoms with Crippen molar-refractivity contribution in [2.45, 2.75) is 19.3 Å². The third-order valence-corrected chi connectivity index (χ3v) is 5.27. The Morgan fingerprint density at radius 3 is 2.74 bits per heavy atom. The molecule has 6 heteroatoms. The first-order valence-corrected chi connectivity index (χ1v) is 9.52. The van der Waals surface area contributed by atoms with Gasteiger partial charge in [0.05, 0.1) is 15.2 Å². The first-order valence-electron chi connectivity index (χ1n) is 8.71. The lowest BCUT2D eigenvalue weighted by Gasteiger charge is -2.02. The number of ketones is 1. The second-order valence-electron chi connectivity index (χ2n) is 6.16. The average Bonchev–Trinajstić information content (AvgIpc) is 3.29. The van der Waals surface area contributed by atoms with Crippen molar-refractivity contribution in [2.75, 3.05) is 6.61 Å². The molecule has 0 bridgehead atoms. The number of thiazole rings is 1. The van der Waals surface area contributed by atoms with Crippen LogP contribution in [0.25, 0.3) is 21.2 Å². The van der Waals surface area contributed by atoms with Crippen LogP contribution in [-0.2, 0) is 16.0 Å². The SMILES string of the molecule is O=C(CCCc1nc2ccccc2s1)OCC(=O)c1cc2ccccc2o1. The van der Waals surface area contributed by atoms with E-state index >= 15 is 0 Å². The zero-order valence-electron chi connectivity index (χ0n) is 14.5. The van der Waals surface area contributed by atoms with E-state index in [0.717, 1.165) is 20.6 Å². The summed E-state index contributed by atoms with van der Waals surface area (Å²) in [5.74, 6) is -0.523. The summed E-state index contributed by atoms with van der Waals surface area (Å²) in [5.41, 5.74) is 1.62. The van der Waals surface area contributed by atoms with Crippen LogP contribution in [0.5, 0.6) is 0 Å². The quantitative estimate of drug-likeness (QED) is 0.341. The van der Waals surface area contributed by atoms with Gasteiger partial charge < -0.3 is 9.15 Å². The molecule has 0 atom stereocenters. The fraction of sp³-hybridized carbons (Fsp3) is 0.190. The summed E-state index contributed by atoms with van der Waals surface area (Å²) in [6, 6.07) is 17.0. The number of carbonyl (C=O) groups is 2. The maximum absolute atomic E-state index is 12.1. The minimum atomic E-state index is -0.388. The average molecular weight is 379 g/mol. The number of esters is 1. The largest absolute Gasteiger partial charge is 0.457 e. The van der Waals surface area contributed by atoms with E-state index in [1.807, 2.05) is 42.5 Å². The van der Waals surface area contributed by atoms with Gasteiger partial charge in [0.25, 0.3) is 0 Å². The minimum absolute atomic E-state index is 0.207. The van der Waals surface area contributed by atoms with Gasteiger partial charge in [-0.3, -0.25) is 9.59 Å². The number of ether oxygens (including phenoxy) is 1. The molecular formula is C21H17NO4S. The Morgan fingerprint density at radius 2 is 1.89 bits per heavy atom. The van der Waals surface area contributed by atoms with E-state index in [2.05, 4.69) is 4.98 Å². The number of aryl methyl sites for hydroxylation is 1. The molecule has 27 heavy (non-hydrogen) atoms. The molecule has 2 aromatic carbocycles. The van der Waals surface area contributed by atoms with Crippen LogP contribution < -0.4 is 0 Å². The van der Waals surface area contributed by atoms with Crippen molar-refractivity contribution >= 4 is 44.3 Å². The third kappa shape index (κ3) is 4.06. The number of hydrogen-bond donors (Lipinski definition) is 0. The second kappa shape index (κ2) is 7.72. The number of rotatable bonds is 7. The highest BCUT2D eigenvalue weighted by molar-refractivity contribution is 7.18. The van der Waals surface area contributed by atoms with Gasteiger partial charge in [-0.2, -0.15) is 0 Å². The monoisotopic (exact) mass is 379 g/mol. The van der Waals surface area contributed by atoms with Crippen LogP contribution in [0.15, 0.2) is 59.0 Å². The van der Waals surface area contributed by atoms with Crippen LogP contribution >= 0.6 is 11.3 Å². The number of aromatic nitrogens is 1. The van der Waals surface area contributed by atoms with Gasteiger partial charge in [0.1, 0.15) is 5.58 Å². The van der Waals surface area contributed by atoms with E-state index in [4.69, 9.17) is 9.15 Å². The molecule has 0 saturated carbocycles. The lowest BCUT2D eigenvalue weighted by atomic mass is 10.2. The highest BCUT2D eigenvalue weighted by Crippen LogP contribution is 2.23. The maximum Gasteiger partial charge on any atom is 0.306 e. The zero-order chi connectivity index (χ0) is 18.6. The van der Waals surface area contributed by atoms with Gasteiger partial charge in [-0.05, 0) is 37.1 Å². The molecule has 0 aliphatic carbocycles. The van der Waals surface area contributed by atoms with Crippen LogP contribution in [0.2, 0.25) is 0 Å². The van der Waals surface area contributed by atoms with Gasteiger partial charge in [0, 0.05) is 11.8 Å². The van der Waals surface area contributed by atoms with Gasteiger partial charge >= 0.3 is 5.97 Å². The molecule has 2 heterocycles. The summed E-state index contributed by atoms with van der Waals surface area (Å²) in [5, 5.41) is 1.85. The Balaban J connectivity index is 1.25. The van der Waals surface area contributed by atoms with Crippen molar-refractivity contribution in [2.24, 2.45) is 0 Å². The summed E-state index contributed by atoms with van der Waals surface area (Å²) in [6.07, 6.45) is 1.60. The Morgan fingerprint density at radius 1 is 1.07 bits per heavy atom. The number of Topliss-reactive ketones (excluding diaryl/α,β-unsaturated/α-hetero) is 1. The number of hydrogen-bond acceptors (Lipinski definition) is 6. The molecule has 0 aliphatic heterocycles. The van der Waals surface area contributed by atoms with E-state index in [1.165, 1.54) is 0 Å². The summed E-state index contributed by atoms with van der Waals surface area (Å²) >= 11 is 1.64. The fourth-order valence-corrected chi connectivity index (χ4v) is 3.83. The fourth-order valence-electron chi connectivity index (χ4n) is 2.82. The topological polar surface area (TPSA) is 69.4 Å². The maximum atomic E-state index is 12.1. The van der Waals surface area contributed by atoms with Crippen LogP contribution in [0.3, 0.4) is 0 Å². The molecule has 5 nitrogen and oxygen atoms in total. The molecule has 0 N–H and O–H groups in total. The standard InChI is InChI=1S/C21H17NO4S/c23-16(18-12-14-6-1-3-8-17(14)26-18)13-25-21(24)11-5-10-20-22-15-7-2-4-9-19(15)27-20/h1-4,6-9,12H,5,10-11,13H2. The van der Waals surface area contributed by atoms with E-state index in [0.29, 0.717) is 18.4 Å². The van der Waals surface area contributed by atoms with Crippen molar-refractivity contribution in [3.63, 3.8) is 0 Å². The summed E-state index contributed by atoms with van der Waals surface area (Å²) in [7, 11) is 0. The van der Waals surface area contributed by atoms with Gasteiger partial charge in [-0.25, -0.2) is 4.98 Å². The molecule has 0 spiro atoms. The normalized spacial score (nSPS) is 11.1. The molecule has 0 unspecified atom stereocenters. The number of furan rings is 1. The first kappa shape index (κ1) is 17.4. The minimum Gasteiger partial charge on any atom is -0.457 e. The van der Waals surface area contributed by atoms with Crippen LogP contribution in [0, 0.1) is 0 Å². The summed E-state index contributed by atoms with van der Waals surface area (Å²) < 4.78 is 11.7. The molecular weight excluding hydrogens is 362 g/mol. The van der Waals surface area contributed by atoms with Crippen molar-refractivity contribution in [3.8, 4) is 0 Å². The summed E-state index contributed by atoms with van der Waals surface area (Å²) in [4.78, 5) is 28.6. The van der Waals surface area contributed by atoms with E-state index in [9.17, 15) is 9.59 Å². The van der Waals surface area contributed by atoms with E-state index in [1.54, 1.807) is 23.5 Å². The molecule has 4 rings (SSSR count). The predicted octanol–water partition coefficient (Wildman–Crippen LogP) is 4.79. The lowest BCUT2D eigenvalue weighted by Crippen LogP contribution is -2.13. The lowest BCUT2D eigenvalue weighted by molar-refractivity contribution is -0.142. The molecule has 136 valence electrons. The second-order valence-corrected chi connectivity index (χ2v) is 7.28. The highest BCUT2D eigenvalue weighted by Gasteiger charge is 2.15. The third-order valence-electron chi connectivity index (χ3n) is 4.17. The van der Waals surface area contributed by atoms with Gasteiger partial charge in [-0.15, -0.1) is 11.3 Å². The van der Waals surface area contributed by atoms with Crippen molar-refractivity contribution < 1.29 is 18.7 Å². The Kier molecular flexibility index (Phi) is 4.98. The van der Waals surface area contributed by atoms with Crippen LogP contribution in [0.1, 0.15) is 28.4 Å². The Bertz CT molecular complexity index is 1050. The van der Waals surface area contributed by atoms with Gasteiger partial charge in [-0.1, -0.05) is 30.3 Å². The number of nitrogens with zero attached hydrogens (tertiary/aromatic N) is 1. The smallest absolute Gasteiger partial charge is 0.306 e. The Labute approximate surface area is 159 Å². The van der Waals surface area contributed by atoms with Gasteiger partial charge in [0.15, 0.2) is 12.4 Å². The number of fused-ring (bicyclic) bond motifs is 2. The van der Waals surface area contributed by atoms with Crippen LogP contribution in [-0.4, -0.2) is 23.3 Å². The van der Waals surface area contributed by atoms with Crippen molar-refractivity contribution in [3.05, 3.63) is 65.4 Å². The van der Waals surface area contributed by atoms with Crippen LogP contribution in [0.4, 0.5) is 0 Å². The summed E-state index contributed by atoms with van der Waals surface area (Å²) in [6.45, 7) is -0.306. The highest BCUT2D eigenvalue weighted by atomic mass is 32.1. The predicted molar refractivity (Wildman–Crippen MR) is 104 cm³/mol. The van der Waals surface area contributed by atoms with E-state index in [-0.39, 0.29) is 30.5 Å². The first-order chi connectivity index (χ1) is 13.2. The van der Waals surface area contributed by atoms with Crippen molar-refractivity contribution in [1.82, 2.24) is 4.98 Å². The van der Waals surface area contributed by atoms with E-state index < -0.39 is 0 Å². The molecule has 2 aromatic heterocycles. The molecule has 0 radical (unpaired) electrons. The number of para-hydroxylation sites is 2. The molecule has 0 fully saturated rings. The van der Waals surface area contributed by atoms with Gasteiger partial charge in [0.2, 0.25) is 5.78 Å². The van der Waals surface area contributed by atoms with Crippen molar-refractivity contribution in [1.29, 1.82) is 0 Å². The number of carbonyl (C=O) groups excluding carboxylic acids is 2. The Hall–Kier alpha value is -2.99. The molecule has 0 aliphatic rings.